The van der Waals surface area contributed by atoms with Gasteiger partial charge in [0.2, 0.25) is 0 Å². The summed E-state index contributed by atoms with van der Waals surface area (Å²) in [6, 6.07) is 7.25. The molecule has 1 aromatic carbocycles. The number of nitrogens with one attached hydrogen (secondary N) is 1. The molecule has 1 saturated heterocycles. The van der Waals surface area contributed by atoms with Gasteiger partial charge in [-0.15, -0.1) is 0 Å². The first kappa shape index (κ1) is 17.7. The van der Waals surface area contributed by atoms with E-state index in [1.165, 1.54) is 0 Å². The number of fused-ring (bicyclic) bond motifs is 1. The van der Waals surface area contributed by atoms with E-state index in [1.54, 1.807) is 19.1 Å². The third-order valence-corrected chi connectivity index (χ3v) is 4.89. The summed E-state index contributed by atoms with van der Waals surface area (Å²) in [4.78, 5) is 24.9. The molecule has 2 heterocycles. The second-order valence-electron chi connectivity index (χ2n) is 7.80. The van der Waals surface area contributed by atoms with E-state index in [0.717, 1.165) is 11.8 Å². The number of ether oxygens (including phenoxy) is 1. The molecule has 0 spiro atoms. The number of para-hydroxylation sites is 1. The van der Waals surface area contributed by atoms with Crippen molar-refractivity contribution in [3.05, 3.63) is 45.8 Å². The van der Waals surface area contributed by atoms with Crippen LogP contribution >= 0.6 is 0 Å². The molecule has 1 aliphatic heterocycles. The molecule has 2 aromatic rings. The van der Waals surface area contributed by atoms with E-state index in [1.807, 2.05) is 12.1 Å². The molecule has 1 aromatic heterocycles. The molecule has 1 N–H and O–H groups in total. The normalized spacial score (nSPS) is 20.8. The minimum atomic E-state index is -0.594. The van der Waals surface area contributed by atoms with E-state index in [4.69, 9.17) is 9.15 Å². The molecule has 1 amide bonds. The highest BCUT2D eigenvalue weighted by atomic mass is 16.5. The zero-order chi connectivity index (χ0) is 18.2. The van der Waals surface area contributed by atoms with Crippen molar-refractivity contribution in [1.82, 2.24) is 5.32 Å². The Kier molecular flexibility index (Phi) is 4.69. The highest BCUT2D eigenvalue weighted by molar-refractivity contribution is 5.99. The van der Waals surface area contributed by atoms with E-state index in [-0.39, 0.29) is 28.9 Å². The van der Waals surface area contributed by atoms with E-state index in [2.05, 4.69) is 26.1 Å². The standard InChI is InChI=1S/C20H25NO4/c1-12-14-7-5-6-8-15(14)25-19(23)16(12)18(22)21-11-13-9-10-24-17(13)20(2,3)4/h5-8,13,17H,9-11H2,1-4H3,(H,21,22)/t13-,17+/m0/s1. The van der Waals surface area contributed by atoms with E-state index in [0.29, 0.717) is 24.3 Å². The molecule has 5 nitrogen and oxygen atoms in total. The molecule has 5 heteroatoms. The molecule has 0 bridgehead atoms. The molecule has 0 unspecified atom stereocenters. The fraction of sp³-hybridized carbons (Fsp3) is 0.500. The zero-order valence-electron chi connectivity index (χ0n) is 15.2. The maximum atomic E-state index is 12.6. The first-order chi connectivity index (χ1) is 11.8. The molecule has 2 atom stereocenters. The third kappa shape index (κ3) is 3.47. The number of carbonyl (C=O) groups is 1. The predicted molar refractivity (Wildman–Crippen MR) is 96.9 cm³/mol. The first-order valence-corrected chi connectivity index (χ1v) is 8.71. The topological polar surface area (TPSA) is 68.5 Å². The van der Waals surface area contributed by atoms with Crippen molar-refractivity contribution in [2.24, 2.45) is 11.3 Å². The summed E-state index contributed by atoms with van der Waals surface area (Å²) >= 11 is 0. The third-order valence-electron chi connectivity index (χ3n) is 4.89. The van der Waals surface area contributed by atoms with Gasteiger partial charge in [0.15, 0.2) is 0 Å². The lowest BCUT2D eigenvalue weighted by Gasteiger charge is -2.31. The van der Waals surface area contributed by atoms with Crippen molar-refractivity contribution in [2.75, 3.05) is 13.2 Å². The summed E-state index contributed by atoms with van der Waals surface area (Å²) in [6.45, 7) is 9.40. The molecular weight excluding hydrogens is 318 g/mol. The Morgan fingerprint density at radius 1 is 1.28 bits per heavy atom. The number of amides is 1. The predicted octanol–water partition coefficient (Wildman–Crippen LogP) is 3.28. The maximum Gasteiger partial charge on any atom is 0.349 e. The Bertz CT molecular complexity index is 847. The molecule has 1 fully saturated rings. The highest BCUT2D eigenvalue weighted by Gasteiger charge is 2.37. The van der Waals surface area contributed by atoms with E-state index < -0.39 is 5.63 Å². The van der Waals surface area contributed by atoms with Gasteiger partial charge in [-0.3, -0.25) is 4.79 Å². The van der Waals surface area contributed by atoms with Gasteiger partial charge in [-0.05, 0) is 30.4 Å². The molecule has 1 aliphatic rings. The van der Waals surface area contributed by atoms with Gasteiger partial charge in [0.1, 0.15) is 11.1 Å². The lowest BCUT2D eigenvalue weighted by atomic mass is 9.81. The summed E-state index contributed by atoms with van der Waals surface area (Å²) in [5.41, 5.74) is 0.663. The van der Waals surface area contributed by atoms with Crippen molar-refractivity contribution in [3.8, 4) is 0 Å². The number of hydrogen-bond acceptors (Lipinski definition) is 4. The Hall–Kier alpha value is -2.14. The number of rotatable bonds is 3. The molecule has 3 rings (SSSR count). The van der Waals surface area contributed by atoms with Crippen LogP contribution in [0.2, 0.25) is 0 Å². The fourth-order valence-electron chi connectivity index (χ4n) is 3.68. The van der Waals surface area contributed by atoms with Gasteiger partial charge in [0.25, 0.3) is 5.91 Å². The molecule has 0 radical (unpaired) electrons. The van der Waals surface area contributed by atoms with Crippen LogP contribution in [0.4, 0.5) is 0 Å². The second-order valence-corrected chi connectivity index (χ2v) is 7.80. The molecular formula is C20H25NO4. The maximum absolute atomic E-state index is 12.6. The van der Waals surface area contributed by atoms with Crippen LogP contribution in [0, 0.1) is 18.3 Å². The summed E-state index contributed by atoms with van der Waals surface area (Å²) in [7, 11) is 0. The van der Waals surface area contributed by atoms with Gasteiger partial charge < -0.3 is 14.5 Å². The quantitative estimate of drug-likeness (QED) is 0.869. The average Bonchev–Trinajstić information content (AvgIpc) is 3.02. The van der Waals surface area contributed by atoms with Crippen LogP contribution in [0.5, 0.6) is 0 Å². The largest absolute Gasteiger partial charge is 0.422 e. The number of hydrogen-bond donors (Lipinski definition) is 1. The Labute approximate surface area is 147 Å². The highest BCUT2D eigenvalue weighted by Crippen LogP contribution is 2.34. The van der Waals surface area contributed by atoms with Crippen LogP contribution in [0.25, 0.3) is 11.0 Å². The summed E-state index contributed by atoms with van der Waals surface area (Å²) in [6.07, 6.45) is 1.01. The minimum absolute atomic E-state index is 0.0176. The average molecular weight is 343 g/mol. The molecule has 25 heavy (non-hydrogen) atoms. The Balaban J connectivity index is 1.80. The molecule has 0 aliphatic carbocycles. The zero-order valence-corrected chi connectivity index (χ0v) is 15.2. The van der Waals surface area contributed by atoms with Crippen LogP contribution in [-0.4, -0.2) is 25.2 Å². The monoisotopic (exact) mass is 343 g/mol. The van der Waals surface area contributed by atoms with Crippen molar-refractivity contribution < 1.29 is 13.9 Å². The smallest absolute Gasteiger partial charge is 0.349 e. The summed E-state index contributed by atoms with van der Waals surface area (Å²) in [5.74, 6) is -0.131. The summed E-state index contributed by atoms with van der Waals surface area (Å²) in [5, 5.41) is 3.69. The van der Waals surface area contributed by atoms with Crippen molar-refractivity contribution in [3.63, 3.8) is 0 Å². The SMILES string of the molecule is Cc1c(C(=O)NC[C@@H]2CCO[C@H]2C(C)(C)C)c(=O)oc2ccccc12. The van der Waals surface area contributed by atoms with Gasteiger partial charge in [-0.25, -0.2) is 4.79 Å². The first-order valence-electron chi connectivity index (χ1n) is 8.71. The van der Waals surface area contributed by atoms with Gasteiger partial charge in [-0.2, -0.15) is 0 Å². The lowest BCUT2D eigenvalue weighted by molar-refractivity contribution is 0.00736. The van der Waals surface area contributed by atoms with Crippen LogP contribution in [0.15, 0.2) is 33.5 Å². The fourth-order valence-corrected chi connectivity index (χ4v) is 3.68. The van der Waals surface area contributed by atoms with E-state index in [9.17, 15) is 9.59 Å². The molecule has 134 valence electrons. The number of carbonyl (C=O) groups excluding carboxylic acids is 1. The number of benzene rings is 1. The van der Waals surface area contributed by atoms with Gasteiger partial charge in [0.05, 0.1) is 6.10 Å². The van der Waals surface area contributed by atoms with Crippen LogP contribution < -0.4 is 10.9 Å². The van der Waals surface area contributed by atoms with Crippen LogP contribution in [-0.2, 0) is 4.74 Å². The van der Waals surface area contributed by atoms with Gasteiger partial charge >= 0.3 is 5.63 Å². The lowest BCUT2D eigenvalue weighted by Crippen LogP contribution is -2.39. The van der Waals surface area contributed by atoms with E-state index >= 15 is 0 Å². The van der Waals surface area contributed by atoms with Gasteiger partial charge in [-0.1, -0.05) is 39.0 Å². The van der Waals surface area contributed by atoms with Crippen molar-refractivity contribution in [2.45, 2.75) is 40.2 Å². The minimum Gasteiger partial charge on any atom is -0.422 e. The Morgan fingerprint density at radius 3 is 2.72 bits per heavy atom. The van der Waals surface area contributed by atoms with Crippen LogP contribution in [0.1, 0.15) is 43.1 Å². The second kappa shape index (κ2) is 6.64. The molecule has 0 saturated carbocycles. The van der Waals surface area contributed by atoms with Gasteiger partial charge in [0, 0.05) is 24.5 Å². The van der Waals surface area contributed by atoms with Crippen molar-refractivity contribution in [1.29, 1.82) is 0 Å². The van der Waals surface area contributed by atoms with Crippen LogP contribution in [0.3, 0.4) is 0 Å². The van der Waals surface area contributed by atoms with Crippen molar-refractivity contribution >= 4 is 16.9 Å². The summed E-state index contributed by atoms with van der Waals surface area (Å²) < 4.78 is 11.1. The Morgan fingerprint density at radius 2 is 2.00 bits per heavy atom. The number of aryl methyl sites for hydroxylation is 1.